The molecule has 0 saturated carbocycles. The second-order valence-electron chi connectivity index (χ2n) is 5.05. The highest BCUT2D eigenvalue weighted by molar-refractivity contribution is 7.99. The quantitative estimate of drug-likeness (QED) is 0.832. The molecule has 0 radical (unpaired) electrons. The van der Waals surface area contributed by atoms with Gasteiger partial charge in [-0.25, -0.2) is 0 Å². The topological polar surface area (TPSA) is 49.6 Å². The van der Waals surface area contributed by atoms with Crippen molar-refractivity contribution < 1.29 is 4.79 Å². The van der Waals surface area contributed by atoms with Gasteiger partial charge in [0.25, 0.3) is 0 Å². The predicted molar refractivity (Wildman–Crippen MR) is 86.4 cm³/mol. The number of aryl methyl sites for hydroxylation is 1. The van der Waals surface area contributed by atoms with Crippen LogP contribution in [0.25, 0.3) is 0 Å². The Morgan fingerprint density at radius 1 is 1.30 bits per heavy atom. The minimum atomic E-state index is 0.243. The van der Waals surface area contributed by atoms with E-state index in [1.54, 1.807) is 11.8 Å². The molecule has 5 heteroatoms. The summed E-state index contributed by atoms with van der Waals surface area (Å²) in [5, 5.41) is 0. The summed E-state index contributed by atoms with van der Waals surface area (Å²) in [7, 11) is 0. The van der Waals surface area contributed by atoms with Crippen LogP contribution in [0, 0.1) is 6.92 Å². The van der Waals surface area contributed by atoms with Crippen LogP contribution in [0.2, 0.25) is 0 Å². The lowest BCUT2D eigenvalue weighted by molar-refractivity contribution is -0.128. The van der Waals surface area contributed by atoms with Crippen molar-refractivity contribution in [1.29, 1.82) is 0 Å². The van der Waals surface area contributed by atoms with Gasteiger partial charge in [-0.15, -0.1) is 0 Å². The summed E-state index contributed by atoms with van der Waals surface area (Å²) < 4.78 is 0. The first-order valence-corrected chi connectivity index (χ1v) is 8.23. The summed E-state index contributed by atoms with van der Waals surface area (Å²) in [6, 6.07) is 8.54. The SMILES string of the molecule is Cc1cccc(N2CCN(C(=O)CSCCN)CC2)c1. The Morgan fingerprint density at radius 3 is 2.70 bits per heavy atom. The van der Waals surface area contributed by atoms with Crippen LogP contribution < -0.4 is 10.6 Å². The Balaban J connectivity index is 1.81. The molecule has 1 aliphatic heterocycles. The van der Waals surface area contributed by atoms with Gasteiger partial charge < -0.3 is 15.5 Å². The van der Waals surface area contributed by atoms with Gasteiger partial charge in [-0.3, -0.25) is 4.79 Å². The minimum absolute atomic E-state index is 0.243. The van der Waals surface area contributed by atoms with E-state index in [4.69, 9.17) is 5.73 Å². The molecule has 1 aromatic carbocycles. The van der Waals surface area contributed by atoms with Gasteiger partial charge in [-0.1, -0.05) is 12.1 Å². The second-order valence-corrected chi connectivity index (χ2v) is 6.15. The third kappa shape index (κ3) is 4.15. The third-order valence-electron chi connectivity index (χ3n) is 3.49. The standard InChI is InChI=1S/C15H23N3OS/c1-13-3-2-4-14(11-13)17-6-8-18(9-7-17)15(19)12-20-10-5-16/h2-4,11H,5-10,12,16H2,1H3. The fraction of sp³-hybridized carbons (Fsp3) is 0.533. The molecule has 0 aliphatic carbocycles. The van der Waals surface area contributed by atoms with Gasteiger partial charge in [0.2, 0.25) is 5.91 Å². The van der Waals surface area contributed by atoms with E-state index in [0.29, 0.717) is 12.3 Å². The minimum Gasteiger partial charge on any atom is -0.368 e. The lowest BCUT2D eigenvalue weighted by atomic mass is 10.2. The van der Waals surface area contributed by atoms with E-state index in [1.807, 2.05) is 4.90 Å². The highest BCUT2D eigenvalue weighted by Crippen LogP contribution is 2.18. The molecule has 1 heterocycles. The van der Waals surface area contributed by atoms with Gasteiger partial charge in [0.05, 0.1) is 5.75 Å². The largest absolute Gasteiger partial charge is 0.368 e. The zero-order chi connectivity index (χ0) is 14.4. The molecule has 0 aromatic heterocycles. The van der Waals surface area contributed by atoms with Crippen LogP contribution >= 0.6 is 11.8 Å². The van der Waals surface area contributed by atoms with Crippen molar-refractivity contribution in [3.05, 3.63) is 29.8 Å². The Morgan fingerprint density at radius 2 is 2.05 bits per heavy atom. The van der Waals surface area contributed by atoms with E-state index >= 15 is 0 Å². The number of rotatable bonds is 5. The van der Waals surface area contributed by atoms with E-state index < -0.39 is 0 Å². The Hall–Kier alpha value is -1.20. The molecule has 20 heavy (non-hydrogen) atoms. The third-order valence-corrected chi connectivity index (χ3v) is 4.46. The number of carbonyl (C=O) groups is 1. The first kappa shape index (κ1) is 15.2. The molecule has 1 fully saturated rings. The maximum atomic E-state index is 12.0. The van der Waals surface area contributed by atoms with Crippen LogP contribution in [0.15, 0.2) is 24.3 Å². The highest BCUT2D eigenvalue weighted by Gasteiger charge is 2.20. The number of anilines is 1. The summed E-state index contributed by atoms with van der Waals surface area (Å²) in [6.07, 6.45) is 0. The number of hydrogen-bond donors (Lipinski definition) is 1. The number of amides is 1. The first-order chi connectivity index (χ1) is 9.70. The number of nitrogens with zero attached hydrogens (tertiary/aromatic N) is 2. The lowest BCUT2D eigenvalue weighted by Crippen LogP contribution is -2.49. The Labute approximate surface area is 125 Å². The molecule has 110 valence electrons. The number of nitrogens with two attached hydrogens (primary N) is 1. The molecule has 1 saturated heterocycles. The van der Waals surface area contributed by atoms with Crippen LogP contribution in [0.4, 0.5) is 5.69 Å². The van der Waals surface area contributed by atoms with Gasteiger partial charge in [0.1, 0.15) is 0 Å². The maximum absolute atomic E-state index is 12.0. The summed E-state index contributed by atoms with van der Waals surface area (Å²) in [5.41, 5.74) is 7.97. The monoisotopic (exact) mass is 293 g/mol. The van der Waals surface area contributed by atoms with Crippen molar-refractivity contribution in [2.24, 2.45) is 5.73 Å². The van der Waals surface area contributed by atoms with Crippen LogP contribution in [0.1, 0.15) is 5.56 Å². The van der Waals surface area contributed by atoms with E-state index in [0.717, 1.165) is 31.9 Å². The molecule has 0 spiro atoms. The molecule has 2 N–H and O–H groups in total. The lowest BCUT2D eigenvalue weighted by Gasteiger charge is -2.36. The normalized spacial score (nSPS) is 15.5. The second kappa shape index (κ2) is 7.55. The van der Waals surface area contributed by atoms with Crippen molar-refractivity contribution in [2.45, 2.75) is 6.92 Å². The molecule has 4 nitrogen and oxygen atoms in total. The molecule has 0 bridgehead atoms. The summed E-state index contributed by atoms with van der Waals surface area (Å²) in [4.78, 5) is 16.3. The average molecular weight is 293 g/mol. The fourth-order valence-electron chi connectivity index (χ4n) is 2.37. The number of benzene rings is 1. The summed E-state index contributed by atoms with van der Waals surface area (Å²) >= 11 is 1.62. The van der Waals surface area contributed by atoms with Crippen LogP contribution in [-0.2, 0) is 4.79 Å². The van der Waals surface area contributed by atoms with E-state index in [-0.39, 0.29) is 5.91 Å². The average Bonchev–Trinajstić information content (AvgIpc) is 2.47. The van der Waals surface area contributed by atoms with Crippen molar-refractivity contribution in [3.8, 4) is 0 Å². The number of hydrogen-bond acceptors (Lipinski definition) is 4. The van der Waals surface area contributed by atoms with Crippen LogP contribution in [0.5, 0.6) is 0 Å². The molecule has 1 aromatic rings. The van der Waals surface area contributed by atoms with Gasteiger partial charge >= 0.3 is 0 Å². The van der Waals surface area contributed by atoms with E-state index in [1.165, 1.54) is 11.3 Å². The van der Waals surface area contributed by atoms with Crippen LogP contribution in [-0.4, -0.2) is 55.0 Å². The molecule has 1 aliphatic rings. The van der Waals surface area contributed by atoms with Crippen LogP contribution in [0.3, 0.4) is 0 Å². The highest BCUT2D eigenvalue weighted by atomic mass is 32.2. The molecule has 2 rings (SSSR count). The van der Waals surface area contributed by atoms with Crippen molar-refractivity contribution >= 4 is 23.4 Å². The smallest absolute Gasteiger partial charge is 0.232 e. The van der Waals surface area contributed by atoms with Gasteiger partial charge in [0.15, 0.2) is 0 Å². The number of carbonyl (C=O) groups excluding carboxylic acids is 1. The molecule has 1 amide bonds. The van der Waals surface area contributed by atoms with E-state index in [2.05, 4.69) is 36.1 Å². The van der Waals surface area contributed by atoms with E-state index in [9.17, 15) is 4.79 Å². The Bertz CT molecular complexity index is 444. The summed E-state index contributed by atoms with van der Waals surface area (Å²) in [5.74, 6) is 1.66. The molecular formula is C15H23N3OS. The number of piperazine rings is 1. The molecule has 0 unspecified atom stereocenters. The Kier molecular flexibility index (Phi) is 5.73. The van der Waals surface area contributed by atoms with Gasteiger partial charge in [-0.2, -0.15) is 11.8 Å². The van der Waals surface area contributed by atoms with Crippen molar-refractivity contribution in [3.63, 3.8) is 0 Å². The van der Waals surface area contributed by atoms with Crippen molar-refractivity contribution in [1.82, 2.24) is 4.90 Å². The zero-order valence-corrected chi connectivity index (χ0v) is 12.9. The summed E-state index contributed by atoms with van der Waals surface area (Å²) in [6.45, 7) is 6.20. The molecule has 0 atom stereocenters. The first-order valence-electron chi connectivity index (χ1n) is 7.08. The fourth-order valence-corrected chi connectivity index (χ4v) is 3.04. The van der Waals surface area contributed by atoms with Gasteiger partial charge in [-0.05, 0) is 24.6 Å². The maximum Gasteiger partial charge on any atom is 0.232 e. The number of thioether (sulfide) groups is 1. The zero-order valence-electron chi connectivity index (χ0n) is 12.0. The van der Waals surface area contributed by atoms with Crippen molar-refractivity contribution in [2.75, 3.05) is 49.1 Å². The van der Waals surface area contributed by atoms with Gasteiger partial charge in [0, 0.05) is 44.2 Å². The predicted octanol–water partition coefficient (Wildman–Crippen LogP) is 1.34. The molecular weight excluding hydrogens is 270 g/mol.